The maximum absolute atomic E-state index is 13.3. The second-order valence-corrected chi connectivity index (χ2v) is 12.9. The Hall–Kier alpha value is -2.46. The van der Waals surface area contributed by atoms with Gasteiger partial charge in [-0.05, 0) is 75.5 Å². The Bertz CT molecular complexity index is 1240. The van der Waals surface area contributed by atoms with E-state index in [0.29, 0.717) is 29.5 Å². The molecule has 0 radical (unpaired) electrons. The van der Waals surface area contributed by atoms with E-state index in [1.807, 2.05) is 6.92 Å². The van der Waals surface area contributed by atoms with Gasteiger partial charge in [0.1, 0.15) is 17.5 Å². The topological polar surface area (TPSA) is 108 Å². The molecule has 39 heavy (non-hydrogen) atoms. The molecule has 1 saturated carbocycles. The number of aliphatic hydroxyl groups excluding tert-OH is 1. The highest BCUT2D eigenvalue weighted by Gasteiger charge is 2.45. The Morgan fingerprint density at radius 2 is 1.77 bits per heavy atom. The summed E-state index contributed by atoms with van der Waals surface area (Å²) >= 11 is 0. The third kappa shape index (κ3) is 6.82. The van der Waals surface area contributed by atoms with Crippen molar-refractivity contribution in [2.45, 2.75) is 94.9 Å². The number of hydrogen-bond donors (Lipinski definition) is 3. The number of likely N-dealkylation sites (N-methyl/N-ethyl adjacent to an activating group) is 1. The van der Waals surface area contributed by atoms with Gasteiger partial charge in [0.25, 0.3) is 5.91 Å². The number of carbonyl (C=O) groups is 1. The number of sulfonamides is 1. The summed E-state index contributed by atoms with van der Waals surface area (Å²) in [4.78, 5) is 15.6. The molecule has 0 bridgehead atoms. The fourth-order valence-corrected chi connectivity index (χ4v) is 6.89. The van der Waals surface area contributed by atoms with Crippen LogP contribution >= 0.6 is 0 Å². The van der Waals surface area contributed by atoms with E-state index in [1.165, 1.54) is 32.1 Å². The lowest BCUT2D eigenvalue weighted by Gasteiger charge is -2.42. The van der Waals surface area contributed by atoms with Crippen LogP contribution in [0, 0.1) is 0 Å². The quantitative estimate of drug-likeness (QED) is 0.405. The molecule has 1 fully saturated rings. The monoisotopic (exact) mass is 557 g/mol. The summed E-state index contributed by atoms with van der Waals surface area (Å²) in [6, 6.07) is 11.3. The zero-order valence-electron chi connectivity index (χ0n) is 23.6. The molecule has 9 heteroatoms. The molecule has 1 aliphatic heterocycles. The van der Waals surface area contributed by atoms with E-state index in [4.69, 9.17) is 4.74 Å². The largest absolute Gasteiger partial charge is 0.485 e. The van der Waals surface area contributed by atoms with E-state index in [2.05, 4.69) is 21.9 Å². The van der Waals surface area contributed by atoms with Crippen molar-refractivity contribution in [1.82, 2.24) is 14.9 Å². The van der Waals surface area contributed by atoms with Crippen molar-refractivity contribution in [3.63, 3.8) is 0 Å². The summed E-state index contributed by atoms with van der Waals surface area (Å²) in [5, 5.41) is 14.2. The first-order chi connectivity index (χ1) is 18.6. The number of rotatable bonds is 10. The summed E-state index contributed by atoms with van der Waals surface area (Å²) < 4.78 is 35.3. The smallest absolute Gasteiger partial charge is 0.251 e. The first kappa shape index (κ1) is 29.5. The van der Waals surface area contributed by atoms with Gasteiger partial charge in [-0.15, -0.1) is 0 Å². The van der Waals surface area contributed by atoms with Gasteiger partial charge < -0.3 is 15.2 Å². The van der Waals surface area contributed by atoms with E-state index in [0.717, 1.165) is 25.1 Å². The molecule has 3 N–H and O–H groups in total. The number of carbonyl (C=O) groups excluding carboxylic acids is 1. The third-order valence-electron chi connectivity index (χ3n) is 8.11. The number of nitrogens with one attached hydrogen (secondary N) is 2. The second-order valence-electron chi connectivity index (χ2n) is 11.2. The standard InChI is InChI=1S/C30H43N3O5S/c1-5-21-12-15-24(16-13-21)39(36,37)32-27-25-20-22(14-17-26(25)38-30(3,4)28(27)34)29(35)31-18-19-33(6-2)23-10-8-7-9-11-23/h12-17,20,23,27-28,32,34H,5-11,18-19H2,1-4H3,(H,31,35)/t27-,28-/m1/s1. The fraction of sp³-hybridized carbons (Fsp3) is 0.567. The highest BCUT2D eigenvalue weighted by Crippen LogP contribution is 2.41. The van der Waals surface area contributed by atoms with Gasteiger partial charge in [-0.1, -0.05) is 45.2 Å². The highest BCUT2D eigenvalue weighted by atomic mass is 32.2. The van der Waals surface area contributed by atoms with Crippen LogP contribution in [0.25, 0.3) is 0 Å². The Kier molecular flexibility index (Phi) is 9.37. The summed E-state index contributed by atoms with van der Waals surface area (Å²) in [5.41, 5.74) is 0.809. The predicted octanol–water partition coefficient (Wildman–Crippen LogP) is 4.18. The van der Waals surface area contributed by atoms with Gasteiger partial charge in [0, 0.05) is 30.3 Å². The minimum Gasteiger partial charge on any atom is -0.485 e. The lowest BCUT2D eigenvalue weighted by Crippen LogP contribution is -2.53. The van der Waals surface area contributed by atoms with Crippen LogP contribution in [0.15, 0.2) is 47.4 Å². The van der Waals surface area contributed by atoms with Gasteiger partial charge in [-0.2, -0.15) is 0 Å². The van der Waals surface area contributed by atoms with Crippen LogP contribution in [-0.2, 0) is 16.4 Å². The van der Waals surface area contributed by atoms with Crippen LogP contribution in [0.4, 0.5) is 0 Å². The summed E-state index contributed by atoms with van der Waals surface area (Å²) in [7, 11) is -3.95. The number of aryl methyl sites for hydroxylation is 1. The van der Waals surface area contributed by atoms with Gasteiger partial charge in [-0.3, -0.25) is 9.69 Å². The van der Waals surface area contributed by atoms with Gasteiger partial charge >= 0.3 is 0 Å². The molecule has 0 aromatic heterocycles. The van der Waals surface area contributed by atoms with Crippen molar-refractivity contribution in [2.75, 3.05) is 19.6 Å². The summed E-state index contributed by atoms with van der Waals surface area (Å²) in [6.45, 7) is 9.85. The number of aliphatic hydroxyl groups is 1. The second kappa shape index (κ2) is 12.4. The van der Waals surface area contributed by atoms with Crippen molar-refractivity contribution in [3.8, 4) is 5.75 Å². The van der Waals surface area contributed by atoms with Crippen LogP contribution in [0.2, 0.25) is 0 Å². The SMILES string of the molecule is CCc1ccc(S(=O)(=O)N[C@@H]2c3cc(C(=O)NCCN(CC)C4CCCCC4)ccc3OC(C)(C)[C@@H]2O)cc1. The molecule has 8 nitrogen and oxygen atoms in total. The molecule has 2 aromatic carbocycles. The zero-order valence-corrected chi connectivity index (χ0v) is 24.4. The summed E-state index contributed by atoms with van der Waals surface area (Å²) in [6.07, 6.45) is 5.89. The van der Waals surface area contributed by atoms with Gasteiger partial charge in [-0.25, -0.2) is 13.1 Å². The lowest BCUT2D eigenvalue weighted by molar-refractivity contribution is -0.0603. The van der Waals surface area contributed by atoms with Crippen LogP contribution in [0.3, 0.4) is 0 Å². The third-order valence-corrected chi connectivity index (χ3v) is 9.57. The fourth-order valence-electron chi connectivity index (χ4n) is 5.67. The first-order valence-electron chi connectivity index (χ1n) is 14.2. The molecule has 2 aliphatic rings. The molecule has 2 aromatic rings. The Labute approximate surface area is 233 Å². The molecular weight excluding hydrogens is 514 g/mol. The molecule has 0 saturated heterocycles. The predicted molar refractivity (Wildman–Crippen MR) is 152 cm³/mol. The van der Waals surface area contributed by atoms with Gasteiger partial charge in [0.15, 0.2) is 0 Å². The van der Waals surface area contributed by atoms with E-state index >= 15 is 0 Å². The number of benzene rings is 2. The molecule has 0 unspecified atom stereocenters. The molecule has 2 atom stereocenters. The number of hydrogen-bond acceptors (Lipinski definition) is 6. The van der Waals surface area contributed by atoms with Crippen LogP contribution in [-0.4, -0.2) is 61.7 Å². The Morgan fingerprint density at radius 3 is 2.41 bits per heavy atom. The van der Waals surface area contributed by atoms with Gasteiger partial charge in [0.05, 0.1) is 10.9 Å². The lowest BCUT2D eigenvalue weighted by atomic mass is 9.86. The molecule has 4 rings (SSSR count). The minimum atomic E-state index is -3.95. The van der Waals surface area contributed by atoms with Crippen molar-refractivity contribution in [1.29, 1.82) is 0 Å². The normalized spacial score (nSPS) is 21.3. The average molecular weight is 558 g/mol. The van der Waals surface area contributed by atoms with E-state index in [9.17, 15) is 18.3 Å². The Morgan fingerprint density at radius 1 is 1.08 bits per heavy atom. The number of amides is 1. The number of ether oxygens (including phenoxy) is 1. The average Bonchev–Trinajstić information content (AvgIpc) is 2.93. The van der Waals surface area contributed by atoms with Crippen LogP contribution in [0.5, 0.6) is 5.75 Å². The van der Waals surface area contributed by atoms with E-state index < -0.39 is 27.8 Å². The number of fused-ring (bicyclic) bond motifs is 1. The van der Waals surface area contributed by atoms with Crippen molar-refractivity contribution >= 4 is 15.9 Å². The maximum atomic E-state index is 13.3. The molecule has 1 heterocycles. The highest BCUT2D eigenvalue weighted by molar-refractivity contribution is 7.89. The van der Waals surface area contributed by atoms with Crippen molar-refractivity contribution < 1.29 is 23.1 Å². The molecule has 1 amide bonds. The Balaban J connectivity index is 1.51. The van der Waals surface area contributed by atoms with E-state index in [1.54, 1.807) is 56.3 Å². The first-order valence-corrected chi connectivity index (χ1v) is 15.7. The van der Waals surface area contributed by atoms with Crippen LogP contribution in [0.1, 0.15) is 87.3 Å². The molecular formula is C30H43N3O5S. The molecule has 1 aliphatic carbocycles. The summed E-state index contributed by atoms with van der Waals surface area (Å²) in [5.74, 6) is 0.193. The number of nitrogens with zero attached hydrogens (tertiary/aromatic N) is 1. The van der Waals surface area contributed by atoms with Crippen LogP contribution < -0.4 is 14.8 Å². The zero-order chi connectivity index (χ0) is 28.2. The van der Waals surface area contributed by atoms with Crippen molar-refractivity contribution in [3.05, 3.63) is 59.2 Å². The van der Waals surface area contributed by atoms with Gasteiger partial charge in [0.2, 0.25) is 10.0 Å². The molecule has 0 spiro atoms. The maximum Gasteiger partial charge on any atom is 0.251 e. The minimum absolute atomic E-state index is 0.116. The van der Waals surface area contributed by atoms with Crippen molar-refractivity contribution in [2.24, 2.45) is 0 Å². The molecule has 214 valence electrons. The van der Waals surface area contributed by atoms with E-state index in [-0.39, 0.29) is 10.8 Å².